The van der Waals surface area contributed by atoms with Crippen LogP contribution in [0.3, 0.4) is 0 Å². The van der Waals surface area contributed by atoms with Gasteiger partial charge in [-0.15, -0.1) is 0 Å². The molecule has 94 valence electrons. The van der Waals surface area contributed by atoms with E-state index in [1.807, 2.05) is 48.1 Å². The van der Waals surface area contributed by atoms with Crippen LogP contribution >= 0.6 is 0 Å². The normalized spacial score (nSPS) is 10.8. The highest BCUT2D eigenvalue weighted by molar-refractivity contribution is 5.94. The Morgan fingerprint density at radius 1 is 1.26 bits per heavy atom. The smallest absolute Gasteiger partial charge is 0.153 e. The van der Waals surface area contributed by atoms with E-state index < -0.39 is 0 Å². The summed E-state index contributed by atoms with van der Waals surface area (Å²) in [5.74, 6) is 0. The molecule has 0 N–H and O–H groups in total. The van der Waals surface area contributed by atoms with Gasteiger partial charge in [-0.1, -0.05) is 6.07 Å². The van der Waals surface area contributed by atoms with E-state index in [-0.39, 0.29) is 0 Å². The first-order valence-corrected chi connectivity index (χ1v) is 6.08. The van der Waals surface area contributed by atoms with Gasteiger partial charge in [0.1, 0.15) is 0 Å². The van der Waals surface area contributed by atoms with Crippen LogP contribution in [0.25, 0.3) is 11.0 Å². The van der Waals surface area contributed by atoms with Gasteiger partial charge >= 0.3 is 0 Å². The zero-order valence-corrected chi connectivity index (χ0v) is 10.6. The standard InChI is InChI=1S/C15H13N3O/c1-11-4-5-13(17-7-11)9-18-8-12(10-19)15-14(18)3-2-6-16-15/h2-8,10H,9H2,1H3. The molecule has 3 aromatic heterocycles. The lowest BCUT2D eigenvalue weighted by atomic mass is 10.3. The van der Waals surface area contributed by atoms with Crippen molar-refractivity contribution in [3.8, 4) is 0 Å². The Labute approximate surface area is 110 Å². The summed E-state index contributed by atoms with van der Waals surface area (Å²) in [5.41, 5.74) is 4.40. The van der Waals surface area contributed by atoms with Crippen molar-refractivity contribution in [2.24, 2.45) is 0 Å². The Bertz CT molecular complexity index is 729. The molecule has 19 heavy (non-hydrogen) atoms. The average Bonchev–Trinajstić information content (AvgIpc) is 2.80. The van der Waals surface area contributed by atoms with Gasteiger partial charge in [-0.25, -0.2) is 0 Å². The molecule has 3 heterocycles. The molecular formula is C15H13N3O. The Morgan fingerprint density at radius 2 is 2.16 bits per heavy atom. The van der Waals surface area contributed by atoms with Crippen molar-refractivity contribution < 1.29 is 4.79 Å². The second-order valence-corrected chi connectivity index (χ2v) is 4.53. The fraction of sp³-hybridized carbons (Fsp3) is 0.133. The fourth-order valence-electron chi connectivity index (χ4n) is 2.13. The second-order valence-electron chi connectivity index (χ2n) is 4.53. The predicted octanol–water partition coefficient (Wildman–Crippen LogP) is 2.60. The SMILES string of the molecule is Cc1ccc(Cn2cc(C=O)c3ncccc32)nc1. The molecule has 0 atom stereocenters. The Kier molecular flexibility index (Phi) is 2.83. The molecule has 0 aliphatic rings. The van der Waals surface area contributed by atoms with E-state index in [0.717, 1.165) is 28.6 Å². The number of carbonyl (C=O) groups is 1. The molecule has 0 saturated heterocycles. The van der Waals surface area contributed by atoms with Crippen molar-refractivity contribution in [2.75, 3.05) is 0 Å². The van der Waals surface area contributed by atoms with Crippen molar-refractivity contribution in [3.63, 3.8) is 0 Å². The third-order valence-electron chi connectivity index (χ3n) is 3.10. The number of carbonyl (C=O) groups excluding carboxylic acids is 1. The van der Waals surface area contributed by atoms with Crippen LogP contribution < -0.4 is 0 Å². The molecule has 0 radical (unpaired) electrons. The minimum absolute atomic E-state index is 0.614. The predicted molar refractivity (Wildman–Crippen MR) is 73.2 cm³/mol. The second kappa shape index (κ2) is 4.65. The zero-order chi connectivity index (χ0) is 13.2. The maximum Gasteiger partial charge on any atom is 0.153 e. The maximum absolute atomic E-state index is 11.1. The molecule has 0 aliphatic heterocycles. The molecule has 0 unspecified atom stereocenters. The molecule has 0 amide bonds. The van der Waals surface area contributed by atoms with Crippen molar-refractivity contribution in [1.29, 1.82) is 0 Å². The molecule has 4 nitrogen and oxygen atoms in total. The first-order valence-electron chi connectivity index (χ1n) is 6.08. The summed E-state index contributed by atoms with van der Waals surface area (Å²) in [4.78, 5) is 19.7. The number of rotatable bonds is 3. The molecule has 3 aromatic rings. The van der Waals surface area contributed by atoms with Crippen LogP contribution in [-0.4, -0.2) is 20.8 Å². The van der Waals surface area contributed by atoms with E-state index in [2.05, 4.69) is 9.97 Å². The number of pyridine rings is 2. The first-order chi connectivity index (χ1) is 9.28. The van der Waals surface area contributed by atoms with E-state index in [9.17, 15) is 4.79 Å². The van der Waals surface area contributed by atoms with E-state index in [1.54, 1.807) is 6.20 Å². The number of aromatic nitrogens is 3. The molecule has 0 aliphatic carbocycles. The molecule has 0 saturated carbocycles. The maximum atomic E-state index is 11.1. The van der Waals surface area contributed by atoms with Crippen molar-refractivity contribution >= 4 is 17.3 Å². The molecular weight excluding hydrogens is 238 g/mol. The Balaban J connectivity index is 2.05. The van der Waals surface area contributed by atoms with Crippen LogP contribution in [0.2, 0.25) is 0 Å². The summed E-state index contributed by atoms with van der Waals surface area (Å²) in [7, 11) is 0. The molecule has 0 spiro atoms. The van der Waals surface area contributed by atoms with Gasteiger partial charge in [-0.2, -0.15) is 0 Å². The third-order valence-corrected chi connectivity index (χ3v) is 3.10. The van der Waals surface area contributed by atoms with Gasteiger partial charge in [0.2, 0.25) is 0 Å². The molecule has 0 fully saturated rings. The Hall–Kier alpha value is -2.49. The van der Waals surface area contributed by atoms with Crippen molar-refractivity contribution in [1.82, 2.24) is 14.5 Å². The molecule has 0 bridgehead atoms. The summed E-state index contributed by atoms with van der Waals surface area (Å²) >= 11 is 0. The van der Waals surface area contributed by atoms with Gasteiger partial charge in [0.15, 0.2) is 6.29 Å². The van der Waals surface area contributed by atoms with Crippen LogP contribution in [0.1, 0.15) is 21.6 Å². The number of hydrogen-bond acceptors (Lipinski definition) is 3. The minimum Gasteiger partial charge on any atom is -0.339 e. The summed E-state index contributed by atoms with van der Waals surface area (Å²) in [6.07, 6.45) is 6.21. The fourth-order valence-corrected chi connectivity index (χ4v) is 2.13. The van der Waals surface area contributed by atoms with Gasteiger partial charge in [-0.3, -0.25) is 14.8 Å². The largest absolute Gasteiger partial charge is 0.339 e. The van der Waals surface area contributed by atoms with Crippen LogP contribution in [0.15, 0.2) is 42.9 Å². The Morgan fingerprint density at radius 3 is 2.89 bits per heavy atom. The number of aryl methyl sites for hydroxylation is 1. The zero-order valence-electron chi connectivity index (χ0n) is 10.6. The number of hydrogen-bond donors (Lipinski definition) is 0. The highest BCUT2D eigenvalue weighted by Crippen LogP contribution is 2.18. The highest BCUT2D eigenvalue weighted by atomic mass is 16.1. The summed E-state index contributed by atoms with van der Waals surface area (Å²) in [6, 6.07) is 7.87. The van der Waals surface area contributed by atoms with Gasteiger partial charge in [0, 0.05) is 18.6 Å². The quantitative estimate of drug-likeness (QED) is 0.672. The van der Waals surface area contributed by atoms with E-state index in [0.29, 0.717) is 12.1 Å². The summed E-state index contributed by atoms with van der Waals surface area (Å²) in [5, 5.41) is 0. The van der Waals surface area contributed by atoms with Crippen LogP contribution in [-0.2, 0) is 6.54 Å². The summed E-state index contributed by atoms with van der Waals surface area (Å²) < 4.78 is 2.00. The average molecular weight is 251 g/mol. The molecule has 4 heteroatoms. The monoisotopic (exact) mass is 251 g/mol. The first kappa shape index (κ1) is 11.6. The number of fused-ring (bicyclic) bond motifs is 1. The molecule has 0 aromatic carbocycles. The topological polar surface area (TPSA) is 47.8 Å². The van der Waals surface area contributed by atoms with Crippen molar-refractivity contribution in [2.45, 2.75) is 13.5 Å². The lowest BCUT2D eigenvalue weighted by molar-refractivity contribution is 0.112. The minimum atomic E-state index is 0.614. The van der Waals surface area contributed by atoms with Crippen LogP contribution in [0.4, 0.5) is 0 Å². The highest BCUT2D eigenvalue weighted by Gasteiger charge is 2.09. The van der Waals surface area contributed by atoms with E-state index in [1.165, 1.54) is 0 Å². The lowest BCUT2D eigenvalue weighted by Gasteiger charge is -2.04. The van der Waals surface area contributed by atoms with Crippen molar-refractivity contribution in [3.05, 3.63) is 59.7 Å². The van der Waals surface area contributed by atoms with Crippen LogP contribution in [0.5, 0.6) is 0 Å². The van der Waals surface area contributed by atoms with E-state index >= 15 is 0 Å². The van der Waals surface area contributed by atoms with Gasteiger partial charge in [0.25, 0.3) is 0 Å². The molecule has 3 rings (SSSR count). The lowest BCUT2D eigenvalue weighted by Crippen LogP contribution is -2.00. The summed E-state index contributed by atoms with van der Waals surface area (Å²) in [6.45, 7) is 2.65. The third kappa shape index (κ3) is 2.12. The number of aldehydes is 1. The van der Waals surface area contributed by atoms with Crippen LogP contribution in [0, 0.1) is 6.92 Å². The van der Waals surface area contributed by atoms with E-state index in [4.69, 9.17) is 0 Å². The van der Waals surface area contributed by atoms with Gasteiger partial charge < -0.3 is 4.57 Å². The van der Waals surface area contributed by atoms with Gasteiger partial charge in [0.05, 0.1) is 28.8 Å². The number of nitrogens with zero attached hydrogens (tertiary/aromatic N) is 3. The van der Waals surface area contributed by atoms with Gasteiger partial charge in [-0.05, 0) is 30.7 Å².